The first kappa shape index (κ1) is 16.0. The van der Waals surface area contributed by atoms with Gasteiger partial charge in [-0.1, -0.05) is 18.2 Å². The molecule has 2 aromatic carbocycles. The first-order valence-corrected chi connectivity index (χ1v) is 6.94. The standard InChI is InChI=1S/C18H10F4O2/c1-2-5-10-17(23)9-6-3-4-7-13(9)24-18(10)11-8-12(19)15(21)16(22)14(11)20/h2-4,6-8H,1,5H2. The van der Waals surface area contributed by atoms with Gasteiger partial charge in [-0.3, -0.25) is 4.79 Å². The van der Waals surface area contributed by atoms with Crippen LogP contribution < -0.4 is 5.43 Å². The van der Waals surface area contributed by atoms with Gasteiger partial charge in [0.1, 0.15) is 11.3 Å². The molecule has 0 saturated carbocycles. The molecule has 0 saturated heterocycles. The van der Waals surface area contributed by atoms with E-state index < -0.39 is 34.3 Å². The molecule has 1 heterocycles. The molecule has 0 amide bonds. The van der Waals surface area contributed by atoms with E-state index in [1.54, 1.807) is 12.1 Å². The molecule has 2 nitrogen and oxygen atoms in total. The zero-order chi connectivity index (χ0) is 17.4. The number of para-hydroxylation sites is 1. The highest BCUT2D eigenvalue weighted by Crippen LogP contribution is 2.31. The van der Waals surface area contributed by atoms with Crippen LogP contribution in [-0.4, -0.2) is 0 Å². The van der Waals surface area contributed by atoms with Gasteiger partial charge < -0.3 is 4.42 Å². The summed E-state index contributed by atoms with van der Waals surface area (Å²) in [4.78, 5) is 12.6. The summed E-state index contributed by atoms with van der Waals surface area (Å²) in [5.41, 5.74) is -1.04. The van der Waals surface area contributed by atoms with Crippen molar-refractivity contribution in [3.05, 3.63) is 82.0 Å². The van der Waals surface area contributed by atoms with Crippen molar-refractivity contribution < 1.29 is 22.0 Å². The lowest BCUT2D eigenvalue weighted by Crippen LogP contribution is -2.11. The molecule has 0 aliphatic carbocycles. The molecule has 0 spiro atoms. The van der Waals surface area contributed by atoms with Crippen LogP contribution >= 0.6 is 0 Å². The van der Waals surface area contributed by atoms with E-state index in [1.807, 2.05) is 0 Å². The van der Waals surface area contributed by atoms with E-state index in [2.05, 4.69) is 6.58 Å². The number of rotatable bonds is 3. The molecule has 3 aromatic rings. The van der Waals surface area contributed by atoms with Crippen molar-refractivity contribution in [1.29, 1.82) is 0 Å². The predicted molar refractivity (Wildman–Crippen MR) is 81.7 cm³/mol. The van der Waals surface area contributed by atoms with Gasteiger partial charge in [0, 0.05) is 5.56 Å². The number of allylic oxidation sites excluding steroid dienone is 1. The van der Waals surface area contributed by atoms with E-state index in [4.69, 9.17) is 4.42 Å². The Morgan fingerprint density at radius 3 is 2.46 bits per heavy atom. The van der Waals surface area contributed by atoms with E-state index >= 15 is 0 Å². The third kappa shape index (κ3) is 2.40. The summed E-state index contributed by atoms with van der Waals surface area (Å²) in [5, 5.41) is 0.238. The number of fused-ring (bicyclic) bond motifs is 1. The zero-order valence-electron chi connectivity index (χ0n) is 12.2. The first-order chi connectivity index (χ1) is 11.5. The van der Waals surface area contributed by atoms with Crippen LogP contribution in [0.25, 0.3) is 22.3 Å². The monoisotopic (exact) mass is 334 g/mol. The van der Waals surface area contributed by atoms with Gasteiger partial charge in [0.25, 0.3) is 0 Å². The summed E-state index contributed by atoms with van der Waals surface area (Å²) in [7, 11) is 0. The summed E-state index contributed by atoms with van der Waals surface area (Å²) >= 11 is 0. The first-order valence-electron chi connectivity index (χ1n) is 6.94. The number of hydrogen-bond acceptors (Lipinski definition) is 2. The molecule has 0 fully saturated rings. The van der Waals surface area contributed by atoms with E-state index in [0.29, 0.717) is 6.07 Å². The second-order valence-electron chi connectivity index (χ2n) is 5.08. The highest BCUT2D eigenvalue weighted by molar-refractivity contribution is 5.80. The molecule has 0 aliphatic rings. The van der Waals surface area contributed by atoms with Crippen LogP contribution in [0.5, 0.6) is 0 Å². The van der Waals surface area contributed by atoms with Crippen LogP contribution in [0.4, 0.5) is 17.6 Å². The highest BCUT2D eigenvalue weighted by Gasteiger charge is 2.24. The Bertz CT molecular complexity index is 1020. The Morgan fingerprint density at radius 2 is 1.75 bits per heavy atom. The predicted octanol–water partition coefficient (Wildman–Crippen LogP) is 4.74. The Labute approximate surface area is 133 Å². The minimum Gasteiger partial charge on any atom is -0.455 e. The zero-order valence-corrected chi connectivity index (χ0v) is 12.2. The third-order valence-corrected chi connectivity index (χ3v) is 3.59. The van der Waals surface area contributed by atoms with Crippen LogP contribution in [0.1, 0.15) is 5.56 Å². The fraction of sp³-hybridized carbons (Fsp3) is 0.0556. The average molecular weight is 334 g/mol. The van der Waals surface area contributed by atoms with Crippen molar-refractivity contribution in [1.82, 2.24) is 0 Å². The molecular weight excluding hydrogens is 324 g/mol. The second kappa shape index (κ2) is 5.96. The van der Waals surface area contributed by atoms with E-state index in [-0.39, 0.29) is 28.7 Å². The molecule has 24 heavy (non-hydrogen) atoms. The van der Waals surface area contributed by atoms with Gasteiger partial charge in [0.15, 0.2) is 28.7 Å². The van der Waals surface area contributed by atoms with Crippen LogP contribution in [0.3, 0.4) is 0 Å². The lowest BCUT2D eigenvalue weighted by molar-refractivity contribution is 0.409. The van der Waals surface area contributed by atoms with Crippen LogP contribution in [0, 0.1) is 23.3 Å². The van der Waals surface area contributed by atoms with E-state index in [0.717, 1.165) is 0 Å². The van der Waals surface area contributed by atoms with Crippen molar-refractivity contribution in [2.75, 3.05) is 0 Å². The maximum absolute atomic E-state index is 14.1. The molecule has 1 aromatic heterocycles. The molecular formula is C18H10F4O2. The summed E-state index contributed by atoms with van der Waals surface area (Å²) < 4.78 is 59.8. The summed E-state index contributed by atoms with van der Waals surface area (Å²) in [5.74, 6) is -7.45. The van der Waals surface area contributed by atoms with Gasteiger partial charge in [-0.15, -0.1) is 6.58 Å². The van der Waals surface area contributed by atoms with Crippen LogP contribution in [0.15, 0.2) is 52.2 Å². The Balaban J connectivity index is 2.44. The summed E-state index contributed by atoms with van der Waals surface area (Å²) in [6, 6.07) is 6.65. The van der Waals surface area contributed by atoms with Gasteiger partial charge in [0.05, 0.1) is 10.9 Å². The second-order valence-corrected chi connectivity index (χ2v) is 5.08. The van der Waals surface area contributed by atoms with Crippen molar-refractivity contribution in [3.8, 4) is 11.3 Å². The average Bonchev–Trinajstić information content (AvgIpc) is 2.59. The van der Waals surface area contributed by atoms with Gasteiger partial charge in [-0.25, -0.2) is 17.6 Å². The van der Waals surface area contributed by atoms with Gasteiger partial charge >= 0.3 is 0 Å². The fourth-order valence-electron chi connectivity index (χ4n) is 2.47. The summed E-state index contributed by atoms with van der Waals surface area (Å²) in [6.07, 6.45) is 1.36. The van der Waals surface area contributed by atoms with Gasteiger partial charge in [-0.2, -0.15) is 0 Å². The lowest BCUT2D eigenvalue weighted by atomic mass is 10.0. The van der Waals surface area contributed by atoms with Crippen molar-refractivity contribution in [2.45, 2.75) is 6.42 Å². The molecule has 6 heteroatoms. The maximum Gasteiger partial charge on any atom is 0.198 e. The largest absolute Gasteiger partial charge is 0.455 e. The molecule has 0 atom stereocenters. The molecule has 0 radical (unpaired) electrons. The quantitative estimate of drug-likeness (QED) is 0.300. The number of hydrogen-bond donors (Lipinski definition) is 0. The maximum atomic E-state index is 14.1. The smallest absolute Gasteiger partial charge is 0.198 e. The van der Waals surface area contributed by atoms with Gasteiger partial charge in [0.2, 0.25) is 0 Å². The SMILES string of the molecule is C=CCc1c(-c2cc(F)c(F)c(F)c2F)oc2ccccc2c1=O. The van der Waals surface area contributed by atoms with E-state index in [9.17, 15) is 22.4 Å². The number of halogens is 4. The molecule has 122 valence electrons. The van der Waals surface area contributed by atoms with Crippen LogP contribution in [0.2, 0.25) is 0 Å². The molecule has 0 N–H and O–H groups in total. The molecule has 0 aliphatic heterocycles. The van der Waals surface area contributed by atoms with E-state index in [1.165, 1.54) is 18.2 Å². The molecule has 0 bridgehead atoms. The topological polar surface area (TPSA) is 30.2 Å². The third-order valence-electron chi connectivity index (χ3n) is 3.59. The summed E-state index contributed by atoms with van der Waals surface area (Å²) in [6.45, 7) is 3.50. The minimum atomic E-state index is -1.97. The lowest BCUT2D eigenvalue weighted by Gasteiger charge is -2.11. The fourth-order valence-corrected chi connectivity index (χ4v) is 2.47. The minimum absolute atomic E-state index is 0.0114. The van der Waals surface area contributed by atoms with Crippen molar-refractivity contribution in [3.63, 3.8) is 0 Å². The molecule has 3 rings (SSSR count). The van der Waals surface area contributed by atoms with Gasteiger partial charge in [-0.05, 0) is 24.6 Å². The number of benzene rings is 2. The molecule has 0 unspecified atom stereocenters. The highest BCUT2D eigenvalue weighted by atomic mass is 19.2. The Kier molecular flexibility index (Phi) is 3.97. The normalized spacial score (nSPS) is 11.0. The van der Waals surface area contributed by atoms with Crippen molar-refractivity contribution in [2.24, 2.45) is 0 Å². The Hall–Kier alpha value is -2.89. The Morgan fingerprint density at radius 1 is 1.04 bits per heavy atom. The van der Waals surface area contributed by atoms with Crippen molar-refractivity contribution >= 4 is 11.0 Å². The van der Waals surface area contributed by atoms with Crippen LogP contribution in [-0.2, 0) is 6.42 Å².